The molecule has 12 heavy (non-hydrogen) atoms. The largest absolute Gasteiger partial charge is 0.497 e. The van der Waals surface area contributed by atoms with Crippen molar-refractivity contribution in [3.63, 3.8) is 0 Å². The van der Waals surface area contributed by atoms with E-state index in [4.69, 9.17) is 6.11 Å². The summed E-state index contributed by atoms with van der Waals surface area (Å²) in [6, 6.07) is 4.36. The first-order valence-electron chi connectivity index (χ1n) is 4.55. The molecule has 2 heteroatoms. The molecule has 1 aromatic rings. The predicted octanol–water partition coefficient (Wildman–Crippen LogP) is 1.64. The average molecular weight is 164 g/mol. The summed E-state index contributed by atoms with van der Waals surface area (Å²) >= 11 is 0. The zero-order chi connectivity index (χ0) is 9.42. The fourth-order valence-corrected chi connectivity index (χ4v) is 1.59. The van der Waals surface area contributed by atoms with E-state index >= 15 is 0 Å². The molecule has 0 saturated carbocycles. The molecular formula is C10H13NO. The van der Waals surface area contributed by atoms with Crippen molar-refractivity contribution >= 4 is 0 Å². The fraction of sp³-hybridized carbons (Fsp3) is 0.400. The Balaban J connectivity index is 2.44. The lowest BCUT2D eigenvalue weighted by molar-refractivity contribution is 0.353. The van der Waals surface area contributed by atoms with Crippen molar-refractivity contribution in [1.29, 1.82) is 0 Å². The van der Waals surface area contributed by atoms with Crippen LogP contribution in [0.1, 0.15) is 12.5 Å². The molecule has 0 bridgehead atoms. The van der Waals surface area contributed by atoms with E-state index < -0.39 is 0 Å². The highest BCUT2D eigenvalue weighted by atomic mass is 16.5. The molecule has 2 nitrogen and oxygen atoms in total. The maximum atomic E-state index is 7.66. The minimum Gasteiger partial charge on any atom is -0.497 e. The molecule has 1 heterocycles. The van der Waals surface area contributed by atoms with Gasteiger partial charge in [0.1, 0.15) is 5.75 Å². The Morgan fingerprint density at radius 2 is 2.25 bits per heavy atom. The first kappa shape index (κ1) is 6.49. The molecule has 1 aliphatic rings. The lowest BCUT2D eigenvalue weighted by Crippen LogP contribution is -2.07. The van der Waals surface area contributed by atoms with Crippen LogP contribution in [0.15, 0.2) is 18.2 Å². The van der Waals surface area contributed by atoms with Crippen LogP contribution in [0.25, 0.3) is 0 Å². The van der Waals surface area contributed by atoms with Crippen molar-refractivity contribution in [3.8, 4) is 5.75 Å². The molecule has 0 unspecified atom stereocenters. The van der Waals surface area contributed by atoms with E-state index in [0.717, 1.165) is 13.1 Å². The summed E-state index contributed by atoms with van der Waals surface area (Å²) in [6.07, 6.45) is 0. The van der Waals surface area contributed by atoms with Crippen molar-refractivity contribution in [3.05, 3.63) is 29.3 Å². The summed E-state index contributed by atoms with van der Waals surface area (Å²) in [7, 11) is 3.69. The minimum absolute atomic E-state index is 0.483. The summed E-state index contributed by atoms with van der Waals surface area (Å²) in [5.74, 6) is 0.675. The average Bonchev–Trinajstić information content (AvgIpc) is 2.42. The van der Waals surface area contributed by atoms with Gasteiger partial charge in [0.15, 0.2) is 0 Å². The van der Waals surface area contributed by atoms with E-state index in [1.54, 1.807) is 7.11 Å². The summed E-state index contributed by atoms with van der Waals surface area (Å²) < 4.78 is 12.8. The van der Waals surface area contributed by atoms with Gasteiger partial charge in [0, 0.05) is 13.1 Å². The third-order valence-electron chi connectivity index (χ3n) is 2.21. The highest BCUT2D eigenvalue weighted by Crippen LogP contribution is 2.25. The van der Waals surface area contributed by atoms with Crippen LogP contribution < -0.4 is 4.74 Å². The molecule has 0 radical (unpaired) electrons. The van der Waals surface area contributed by atoms with Gasteiger partial charge < -0.3 is 4.74 Å². The van der Waals surface area contributed by atoms with Crippen LogP contribution in [0.5, 0.6) is 5.75 Å². The third-order valence-corrected chi connectivity index (χ3v) is 2.21. The molecule has 0 atom stereocenters. The van der Waals surface area contributed by atoms with Crippen LogP contribution in [0, 0.1) is 0 Å². The van der Waals surface area contributed by atoms with E-state index in [1.807, 2.05) is 12.1 Å². The fourth-order valence-electron chi connectivity index (χ4n) is 1.59. The van der Waals surface area contributed by atoms with Crippen molar-refractivity contribution in [2.75, 3.05) is 14.2 Å². The van der Waals surface area contributed by atoms with E-state index in [9.17, 15) is 0 Å². The summed E-state index contributed by atoms with van der Waals surface area (Å²) in [6.45, 7) is 1.91. The van der Waals surface area contributed by atoms with Gasteiger partial charge in [-0.2, -0.15) is 0 Å². The molecule has 0 N–H and O–H groups in total. The maximum Gasteiger partial charge on any atom is 0.119 e. The zero-order valence-corrected chi connectivity index (χ0v) is 7.42. The number of hydrogen-bond acceptors (Lipinski definition) is 2. The summed E-state index contributed by atoms with van der Waals surface area (Å²) in [4.78, 5) is 2.23. The number of benzene rings is 1. The Morgan fingerprint density at radius 1 is 1.50 bits per heavy atom. The van der Waals surface area contributed by atoms with Gasteiger partial charge in [-0.25, -0.2) is 0 Å². The predicted molar refractivity (Wildman–Crippen MR) is 48.2 cm³/mol. The van der Waals surface area contributed by atoms with Gasteiger partial charge in [-0.15, -0.1) is 0 Å². The van der Waals surface area contributed by atoms with Crippen LogP contribution in [-0.2, 0) is 13.1 Å². The van der Waals surface area contributed by atoms with E-state index in [2.05, 4.69) is 11.9 Å². The van der Waals surface area contributed by atoms with Crippen molar-refractivity contribution in [2.45, 2.75) is 13.1 Å². The van der Waals surface area contributed by atoms with Gasteiger partial charge in [-0.1, -0.05) is 6.07 Å². The quantitative estimate of drug-likeness (QED) is 0.625. The van der Waals surface area contributed by atoms with Crippen molar-refractivity contribution < 1.29 is 6.11 Å². The molecule has 0 aromatic heterocycles. The third kappa shape index (κ3) is 1.18. The number of hydrogen-bond donors (Lipinski definition) is 0. The second-order valence-corrected chi connectivity index (χ2v) is 3.22. The van der Waals surface area contributed by atoms with Crippen molar-refractivity contribution in [1.82, 2.24) is 4.90 Å². The number of rotatable bonds is 1. The van der Waals surface area contributed by atoms with Crippen molar-refractivity contribution in [2.24, 2.45) is 0 Å². The number of nitrogens with zero attached hydrogens (tertiary/aromatic N) is 1. The Morgan fingerprint density at radius 3 is 3.00 bits per heavy atom. The van der Waals surface area contributed by atoms with Gasteiger partial charge in [0.2, 0.25) is 0 Å². The maximum absolute atomic E-state index is 7.66. The Kier molecular flexibility index (Phi) is 1.51. The molecule has 0 aliphatic carbocycles. The molecular weight excluding hydrogens is 150 g/mol. The van der Waals surface area contributed by atoms with E-state index in [0.29, 0.717) is 11.8 Å². The lowest BCUT2D eigenvalue weighted by atomic mass is 10.1. The van der Waals surface area contributed by atoms with Crippen LogP contribution in [0.4, 0.5) is 0 Å². The molecule has 0 saturated heterocycles. The molecule has 2 rings (SSSR count). The van der Waals surface area contributed by atoms with Crippen LogP contribution in [0.3, 0.4) is 0 Å². The topological polar surface area (TPSA) is 12.5 Å². The highest BCUT2D eigenvalue weighted by Gasteiger charge is 2.15. The number of ether oxygens (including phenoxy) is 1. The summed E-state index contributed by atoms with van der Waals surface area (Å²) in [5, 5.41) is 0. The lowest BCUT2D eigenvalue weighted by Gasteiger charge is -2.02. The number of fused-ring (bicyclic) bond motifs is 1. The molecule has 64 valence electrons. The number of methoxy groups -OCH3 is 1. The van der Waals surface area contributed by atoms with Gasteiger partial charge in [0.25, 0.3) is 0 Å². The first-order chi connectivity index (χ1) is 6.20. The zero-order valence-electron chi connectivity index (χ0n) is 8.42. The summed E-state index contributed by atoms with van der Waals surface area (Å²) in [5.41, 5.74) is 2.55. The molecule has 1 aliphatic heterocycles. The molecule has 0 amide bonds. The van der Waals surface area contributed by atoms with Gasteiger partial charge >= 0.3 is 0 Å². The van der Waals surface area contributed by atoms with Crippen LogP contribution >= 0.6 is 0 Å². The Labute approximate surface area is 74.2 Å². The van der Waals surface area contributed by atoms with Crippen LogP contribution in [-0.4, -0.2) is 19.1 Å². The monoisotopic (exact) mass is 164 g/mol. The smallest absolute Gasteiger partial charge is 0.119 e. The molecule has 0 spiro atoms. The van der Waals surface area contributed by atoms with E-state index in [-0.39, 0.29) is 0 Å². The standard InChI is InChI=1S/C10H13NO/c1-11-6-8-3-4-10(12-2)5-9(8)7-11/h3-5H,6-7H2,1-2H3/i4D. The second kappa shape index (κ2) is 2.79. The highest BCUT2D eigenvalue weighted by molar-refractivity contribution is 5.37. The minimum atomic E-state index is 0.483. The molecule has 0 fully saturated rings. The SMILES string of the molecule is [2H]c1cc2c(cc1OC)CN(C)C2. The van der Waals surface area contributed by atoms with Gasteiger partial charge in [-0.05, 0) is 30.3 Å². The Bertz CT molecular complexity index is 338. The normalized spacial score (nSPS) is 17.3. The Hall–Kier alpha value is -1.02. The van der Waals surface area contributed by atoms with E-state index in [1.165, 1.54) is 11.1 Å². The molecule has 1 aromatic carbocycles. The first-order valence-corrected chi connectivity index (χ1v) is 4.05. The van der Waals surface area contributed by atoms with Crippen LogP contribution in [0.2, 0.25) is 0 Å². The second-order valence-electron chi connectivity index (χ2n) is 3.22. The van der Waals surface area contributed by atoms with Gasteiger partial charge in [-0.3, -0.25) is 4.90 Å². The van der Waals surface area contributed by atoms with Gasteiger partial charge in [0.05, 0.1) is 8.48 Å².